The first-order valence-electron chi connectivity index (χ1n) is 10.3. The number of phenolic OH excluding ortho intramolecular Hbond substituents is 1. The third-order valence-corrected chi connectivity index (χ3v) is 7.82. The Morgan fingerprint density at radius 3 is 2.00 bits per heavy atom. The molecule has 0 fully saturated rings. The number of sulfone groups is 1. The summed E-state index contributed by atoms with van der Waals surface area (Å²) in [5, 5.41) is 15.0. The predicted molar refractivity (Wildman–Crippen MR) is 134 cm³/mol. The molecule has 0 amide bonds. The van der Waals surface area contributed by atoms with Gasteiger partial charge >= 0.3 is 0 Å². The van der Waals surface area contributed by atoms with E-state index in [0.717, 1.165) is 15.6 Å². The Balaban J connectivity index is 1.54. The quantitative estimate of drug-likeness (QED) is 0.336. The summed E-state index contributed by atoms with van der Waals surface area (Å²) in [6, 6.07) is 24.7. The van der Waals surface area contributed by atoms with Crippen LogP contribution < -0.4 is 5.56 Å². The lowest BCUT2D eigenvalue weighted by Gasteiger charge is -2.09. The molecule has 5 aromatic rings. The molecule has 8 heteroatoms. The third kappa shape index (κ3) is 4.02. The van der Waals surface area contributed by atoms with Gasteiger partial charge in [-0.05, 0) is 77.9 Å². The Morgan fingerprint density at radius 1 is 0.765 bits per heavy atom. The maximum absolute atomic E-state index is 13.2. The molecule has 0 radical (unpaired) electrons. The normalized spacial score (nSPS) is 11.6. The number of halogens is 1. The van der Waals surface area contributed by atoms with Crippen LogP contribution in [0.15, 0.2) is 116 Å². The first-order valence-corrected chi connectivity index (χ1v) is 12.5. The molecule has 1 aromatic heterocycles. The first-order chi connectivity index (χ1) is 16.3. The third-order valence-electron chi connectivity index (χ3n) is 5.50. The molecule has 0 aliphatic heterocycles. The van der Waals surface area contributed by atoms with Gasteiger partial charge in [-0.1, -0.05) is 40.2 Å². The van der Waals surface area contributed by atoms with Crippen LogP contribution in [0.4, 0.5) is 0 Å². The van der Waals surface area contributed by atoms with E-state index in [1.54, 1.807) is 60.8 Å². The van der Waals surface area contributed by atoms with Crippen molar-refractivity contribution < 1.29 is 13.5 Å². The first kappa shape index (κ1) is 22.1. The molecule has 6 nitrogen and oxygen atoms in total. The number of aromatic hydroxyl groups is 1. The van der Waals surface area contributed by atoms with Crippen molar-refractivity contribution in [1.29, 1.82) is 0 Å². The summed E-state index contributed by atoms with van der Waals surface area (Å²) in [6.45, 7) is 0. The van der Waals surface area contributed by atoms with Crippen LogP contribution >= 0.6 is 15.9 Å². The van der Waals surface area contributed by atoms with E-state index in [1.807, 2.05) is 12.1 Å². The number of aromatic nitrogens is 2. The van der Waals surface area contributed by atoms with Crippen molar-refractivity contribution in [1.82, 2.24) is 9.78 Å². The Bertz CT molecular complexity index is 1680. The highest BCUT2D eigenvalue weighted by Crippen LogP contribution is 2.26. The Morgan fingerprint density at radius 2 is 1.35 bits per heavy atom. The van der Waals surface area contributed by atoms with Gasteiger partial charge in [0.1, 0.15) is 5.75 Å². The molecule has 0 saturated heterocycles. The average molecular weight is 533 g/mol. The van der Waals surface area contributed by atoms with Gasteiger partial charge in [-0.2, -0.15) is 9.78 Å². The number of rotatable bonds is 4. The summed E-state index contributed by atoms with van der Waals surface area (Å²) in [5.74, 6) is 0.168. The fraction of sp³-hybridized carbons (Fsp3) is 0. The van der Waals surface area contributed by atoms with Crippen molar-refractivity contribution in [3.05, 3.63) is 112 Å². The zero-order chi connectivity index (χ0) is 23.9. The molecule has 1 heterocycles. The fourth-order valence-corrected chi connectivity index (χ4v) is 5.20. The van der Waals surface area contributed by atoms with Crippen LogP contribution in [-0.2, 0) is 9.84 Å². The molecule has 5 rings (SSSR count). The minimum absolute atomic E-state index is 0.127. The second kappa shape index (κ2) is 8.55. The molecular weight excluding hydrogens is 516 g/mol. The van der Waals surface area contributed by atoms with Gasteiger partial charge in [0.15, 0.2) is 0 Å². The summed E-state index contributed by atoms with van der Waals surface area (Å²) >= 11 is 3.30. The summed E-state index contributed by atoms with van der Waals surface area (Å²) < 4.78 is 27.9. The van der Waals surface area contributed by atoms with E-state index in [9.17, 15) is 18.3 Å². The average Bonchev–Trinajstić information content (AvgIpc) is 2.85. The molecule has 0 atom stereocenters. The van der Waals surface area contributed by atoms with Gasteiger partial charge in [-0.25, -0.2) is 8.42 Å². The Labute approximate surface area is 203 Å². The van der Waals surface area contributed by atoms with Crippen molar-refractivity contribution in [2.24, 2.45) is 0 Å². The number of benzene rings is 4. The second-order valence-electron chi connectivity index (χ2n) is 7.66. The maximum Gasteiger partial charge on any atom is 0.279 e. The zero-order valence-corrected chi connectivity index (χ0v) is 20.0. The van der Waals surface area contributed by atoms with Gasteiger partial charge in [0, 0.05) is 9.86 Å². The van der Waals surface area contributed by atoms with Gasteiger partial charge < -0.3 is 5.11 Å². The topological polar surface area (TPSA) is 89.3 Å². The molecule has 1 N–H and O–H groups in total. The van der Waals surface area contributed by atoms with E-state index in [1.165, 1.54) is 28.9 Å². The van der Waals surface area contributed by atoms with Gasteiger partial charge in [0.2, 0.25) is 9.84 Å². The van der Waals surface area contributed by atoms with Crippen LogP contribution in [0, 0.1) is 0 Å². The maximum atomic E-state index is 13.2. The number of hydrogen-bond donors (Lipinski definition) is 1. The standard InChI is InChI=1S/C26H17BrN2O4S/c27-20-5-11-23(12-6-20)34(32,33)24-13-7-21(8-14-24)29-26(31)25-15-18(1-2-19(25)16-28-29)17-3-9-22(30)10-4-17/h1-16,30H. The van der Waals surface area contributed by atoms with Crippen molar-refractivity contribution >= 4 is 36.5 Å². The van der Waals surface area contributed by atoms with E-state index < -0.39 is 9.84 Å². The van der Waals surface area contributed by atoms with Crippen LogP contribution in [0.1, 0.15) is 0 Å². The van der Waals surface area contributed by atoms with Gasteiger partial charge in [0.05, 0.1) is 27.1 Å². The molecule has 0 aliphatic rings. The van der Waals surface area contributed by atoms with Crippen molar-refractivity contribution in [3.63, 3.8) is 0 Å². The highest BCUT2D eigenvalue weighted by atomic mass is 79.9. The van der Waals surface area contributed by atoms with Crippen LogP contribution in [0.2, 0.25) is 0 Å². The predicted octanol–water partition coefficient (Wildman–Crippen LogP) is 5.35. The van der Waals surface area contributed by atoms with E-state index in [4.69, 9.17) is 0 Å². The molecular formula is C26H17BrN2O4S. The van der Waals surface area contributed by atoms with Gasteiger partial charge in [0.25, 0.3) is 5.56 Å². The molecule has 0 unspecified atom stereocenters. The fourth-order valence-electron chi connectivity index (χ4n) is 3.67. The summed E-state index contributed by atoms with van der Waals surface area (Å²) in [6.07, 6.45) is 1.60. The van der Waals surface area contributed by atoms with Crippen LogP contribution in [0.3, 0.4) is 0 Å². The van der Waals surface area contributed by atoms with E-state index in [2.05, 4.69) is 21.0 Å². The highest BCUT2D eigenvalue weighted by molar-refractivity contribution is 9.10. The zero-order valence-electron chi connectivity index (χ0n) is 17.6. The summed E-state index contributed by atoms with van der Waals surface area (Å²) in [4.78, 5) is 13.6. The second-order valence-corrected chi connectivity index (χ2v) is 10.5. The van der Waals surface area contributed by atoms with Gasteiger partial charge in [-0.15, -0.1) is 0 Å². The minimum Gasteiger partial charge on any atom is -0.508 e. The van der Waals surface area contributed by atoms with Crippen LogP contribution in [-0.4, -0.2) is 23.3 Å². The molecule has 34 heavy (non-hydrogen) atoms. The molecule has 4 aromatic carbocycles. The van der Waals surface area contributed by atoms with Gasteiger partial charge in [-0.3, -0.25) is 4.79 Å². The van der Waals surface area contributed by atoms with Crippen LogP contribution in [0.25, 0.3) is 27.6 Å². The number of fused-ring (bicyclic) bond motifs is 1. The molecule has 0 saturated carbocycles. The van der Waals surface area contributed by atoms with Crippen molar-refractivity contribution in [2.45, 2.75) is 9.79 Å². The summed E-state index contributed by atoms with van der Waals surface area (Å²) in [7, 11) is -3.69. The van der Waals surface area contributed by atoms with Crippen molar-refractivity contribution in [3.8, 4) is 22.6 Å². The molecule has 0 aliphatic carbocycles. The SMILES string of the molecule is O=c1c2cc(-c3ccc(O)cc3)ccc2cnn1-c1ccc(S(=O)(=O)c2ccc(Br)cc2)cc1. The molecule has 168 valence electrons. The monoisotopic (exact) mass is 532 g/mol. The van der Waals surface area contributed by atoms with E-state index >= 15 is 0 Å². The molecule has 0 spiro atoms. The Kier molecular flexibility index (Phi) is 5.55. The number of nitrogens with zero attached hydrogens (tertiary/aromatic N) is 2. The van der Waals surface area contributed by atoms with Crippen LogP contribution in [0.5, 0.6) is 5.75 Å². The van der Waals surface area contributed by atoms with E-state index in [-0.39, 0.29) is 21.1 Å². The number of hydrogen-bond acceptors (Lipinski definition) is 5. The lowest BCUT2D eigenvalue weighted by Crippen LogP contribution is -2.21. The molecule has 0 bridgehead atoms. The van der Waals surface area contributed by atoms with Crippen molar-refractivity contribution in [2.75, 3.05) is 0 Å². The minimum atomic E-state index is -3.69. The smallest absolute Gasteiger partial charge is 0.279 e. The van der Waals surface area contributed by atoms with E-state index in [0.29, 0.717) is 16.5 Å². The lowest BCUT2D eigenvalue weighted by atomic mass is 10.0. The lowest BCUT2D eigenvalue weighted by molar-refractivity contribution is 0.475. The Hall–Kier alpha value is -3.75. The summed E-state index contributed by atoms with van der Waals surface area (Å²) in [5.41, 5.74) is 1.83. The number of phenols is 1. The highest BCUT2D eigenvalue weighted by Gasteiger charge is 2.18. The largest absolute Gasteiger partial charge is 0.508 e.